The molecule has 0 aliphatic rings. The number of amides is 1. The summed E-state index contributed by atoms with van der Waals surface area (Å²) in [6.07, 6.45) is 0.680. The second kappa shape index (κ2) is 8.11. The monoisotopic (exact) mass is 334 g/mol. The molecular formula is C16H18N2O6. The third-order valence-electron chi connectivity index (χ3n) is 3.31. The van der Waals surface area contributed by atoms with Crippen LogP contribution in [0.5, 0.6) is 5.75 Å². The fourth-order valence-electron chi connectivity index (χ4n) is 2.11. The predicted octanol–water partition coefficient (Wildman–Crippen LogP) is 2.63. The molecule has 128 valence electrons. The van der Waals surface area contributed by atoms with Crippen LogP contribution >= 0.6 is 0 Å². The quantitative estimate of drug-likeness (QED) is 0.452. The van der Waals surface area contributed by atoms with Gasteiger partial charge in [0.15, 0.2) is 5.76 Å². The van der Waals surface area contributed by atoms with Crippen LogP contribution in [-0.2, 0) is 4.74 Å². The smallest absolute Gasteiger partial charge is 0.287 e. The second-order valence-corrected chi connectivity index (χ2v) is 4.91. The van der Waals surface area contributed by atoms with E-state index in [0.29, 0.717) is 25.3 Å². The van der Waals surface area contributed by atoms with E-state index in [1.807, 2.05) is 0 Å². The molecule has 0 saturated carbocycles. The minimum atomic E-state index is -0.523. The third-order valence-corrected chi connectivity index (χ3v) is 3.31. The van der Waals surface area contributed by atoms with Crippen LogP contribution in [0.15, 0.2) is 34.7 Å². The SMILES string of the molecule is COCCCNC(=O)c1ccc(-c2ccc(OC)cc2[N+](=O)[O-])o1. The first-order valence-electron chi connectivity index (χ1n) is 7.26. The molecule has 0 saturated heterocycles. The van der Waals surface area contributed by atoms with E-state index in [1.165, 1.54) is 31.4 Å². The molecule has 1 aromatic heterocycles. The lowest BCUT2D eigenvalue weighted by Gasteiger charge is -2.04. The fourth-order valence-corrected chi connectivity index (χ4v) is 2.11. The van der Waals surface area contributed by atoms with Crippen molar-refractivity contribution in [3.63, 3.8) is 0 Å². The number of nitro benzene ring substituents is 1. The topological polar surface area (TPSA) is 104 Å². The van der Waals surface area contributed by atoms with Crippen LogP contribution in [0.25, 0.3) is 11.3 Å². The van der Waals surface area contributed by atoms with Crippen LogP contribution in [0.3, 0.4) is 0 Å². The van der Waals surface area contributed by atoms with Gasteiger partial charge in [0, 0.05) is 20.3 Å². The zero-order valence-corrected chi connectivity index (χ0v) is 13.4. The molecule has 0 bridgehead atoms. The lowest BCUT2D eigenvalue weighted by atomic mass is 10.1. The van der Waals surface area contributed by atoms with Gasteiger partial charge in [0.25, 0.3) is 11.6 Å². The van der Waals surface area contributed by atoms with Crippen molar-refractivity contribution in [2.45, 2.75) is 6.42 Å². The first-order valence-corrected chi connectivity index (χ1v) is 7.26. The lowest BCUT2D eigenvalue weighted by molar-refractivity contribution is -0.384. The van der Waals surface area contributed by atoms with Crippen molar-refractivity contribution in [2.75, 3.05) is 27.4 Å². The van der Waals surface area contributed by atoms with Crippen LogP contribution in [0.2, 0.25) is 0 Å². The molecule has 0 aliphatic carbocycles. The molecule has 0 fully saturated rings. The molecule has 1 aromatic carbocycles. The van der Waals surface area contributed by atoms with E-state index in [9.17, 15) is 14.9 Å². The zero-order chi connectivity index (χ0) is 17.5. The van der Waals surface area contributed by atoms with Crippen molar-refractivity contribution < 1.29 is 23.6 Å². The van der Waals surface area contributed by atoms with Gasteiger partial charge < -0.3 is 19.2 Å². The fraction of sp³-hybridized carbons (Fsp3) is 0.312. The van der Waals surface area contributed by atoms with E-state index in [2.05, 4.69) is 5.32 Å². The minimum absolute atomic E-state index is 0.0903. The summed E-state index contributed by atoms with van der Waals surface area (Å²) in [4.78, 5) is 22.7. The van der Waals surface area contributed by atoms with Crippen molar-refractivity contribution in [1.29, 1.82) is 0 Å². The van der Waals surface area contributed by atoms with Crippen LogP contribution < -0.4 is 10.1 Å². The highest BCUT2D eigenvalue weighted by molar-refractivity contribution is 5.92. The van der Waals surface area contributed by atoms with Crippen LogP contribution in [0.1, 0.15) is 17.0 Å². The Bertz CT molecular complexity index is 725. The van der Waals surface area contributed by atoms with Crippen molar-refractivity contribution in [1.82, 2.24) is 5.32 Å². The maximum Gasteiger partial charge on any atom is 0.287 e. The number of hydrogen-bond donors (Lipinski definition) is 1. The number of benzene rings is 1. The Morgan fingerprint density at radius 3 is 2.75 bits per heavy atom. The highest BCUT2D eigenvalue weighted by atomic mass is 16.6. The second-order valence-electron chi connectivity index (χ2n) is 4.91. The summed E-state index contributed by atoms with van der Waals surface area (Å²) < 4.78 is 15.4. The Morgan fingerprint density at radius 1 is 1.29 bits per heavy atom. The Kier molecular flexibility index (Phi) is 5.91. The van der Waals surface area contributed by atoms with Gasteiger partial charge in [-0.25, -0.2) is 0 Å². The molecule has 0 unspecified atom stereocenters. The van der Waals surface area contributed by atoms with Crippen molar-refractivity contribution >= 4 is 11.6 Å². The van der Waals surface area contributed by atoms with Crippen molar-refractivity contribution in [3.8, 4) is 17.1 Å². The maximum absolute atomic E-state index is 12.0. The number of carbonyl (C=O) groups is 1. The van der Waals surface area contributed by atoms with E-state index in [-0.39, 0.29) is 28.7 Å². The Labute approximate surface area is 138 Å². The number of furan rings is 1. The largest absolute Gasteiger partial charge is 0.497 e. The van der Waals surface area contributed by atoms with Crippen molar-refractivity contribution in [2.24, 2.45) is 0 Å². The van der Waals surface area contributed by atoms with Gasteiger partial charge in [-0.15, -0.1) is 0 Å². The first kappa shape index (κ1) is 17.5. The van der Waals surface area contributed by atoms with Gasteiger partial charge >= 0.3 is 0 Å². The molecule has 24 heavy (non-hydrogen) atoms. The summed E-state index contributed by atoms with van der Waals surface area (Å²) in [5, 5.41) is 13.9. The van der Waals surface area contributed by atoms with Gasteiger partial charge in [-0.05, 0) is 30.7 Å². The predicted molar refractivity (Wildman–Crippen MR) is 86.2 cm³/mol. The number of hydrogen-bond acceptors (Lipinski definition) is 6. The molecule has 8 heteroatoms. The molecular weight excluding hydrogens is 316 g/mol. The van der Waals surface area contributed by atoms with Crippen LogP contribution in [0.4, 0.5) is 5.69 Å². The molecule has 8 nitrogen and oxygen atoms in total. The number of nitrogens with zero attached hydrogens (tertiary/aromatic N) is 1. The maximum atomic E-state index is 12.0. The molecule has 1 amide bonds. The Morgan fingerprint density at radius 2 is 2.08 bits per heavy atom. The third kappa shape index (κ3) is 4.11. The number of ether oxygens (including phenoxy) is 2. The Hall–Kier alpha value is -2.87. The van der Waals surface area contributed by atoms with E-state index in [1.54, 1.807) is 13.2 Å². The van der Waals surface area contributed by atoms with Gasteiger partial charge in [0.1, 0.15) is 11.5 Å². The van der Waals surface area contributed by atoms with Crippen LogP contribution in [-0.4, -0.2) is 38.2 Å². The summed E-state index contributed by atoms with van der Waals surface area (Å²) in [6.45, 7) is 0.993. The highest BCUT2D eigenvalue weighted by Gasteiger charge is 2.20. The summed E-state index contributed by atoms with van der Waals surface area (Å²) in [7, 11) is 3.01. The van der Waals surface area contributed by atoms with Crippen molar-refractivity contribution in [3.05, 3.63) is 46.2 Å². The van der Waals surface area contributed by atoms with E-state index in [4.69, 9.17) is 13.9 Å². The summed E-state index contributed by atoms with van der Waals surface area (Å²) in [5.41, 5.74) is 0.120. The molecule has 2 rings (SSSR count). The molecule has 1 heterocycles. The van der Waals surface area contributed by atoms with Gasteiger partial charge in [0.05, 0.1) is 23.7 Å². The average molecular weight is 334 g/mol. The molecule has 0 aliphatic heterocycles. The molecule has 0 atom stereocenters. The summed E-state index contributed by atoms with van der Waals surface area (Å²) in [6, 6.07) is 7.43. The van der Waals surface area contributed by atoms with Crippen LogP contribution in [0, 0.1) is 10.1 Å². The normalized spacial score (nSPS) is 10.4. The minimum Gasteiger partial charge on any atom is -0.497 e. The molecule has 0 radical (unpaired) electrons. The molecule has 0 spiro atoms. The Balaban J connectivity index is 2.18. The standard InChI is InChI=1S/C16H18N2O6/c1-22-9-3-8-17-16(19)15-7-6-14(24-15)12-5-4-11(23-2)10-13(12)18(20)21/h4-7,10H,3,8-9H2,1-2H3,(H,17,19). The molecule has 2 aromatic rings. The van der Waals surface area contributed by atoms with E-state index in [0.717, 1.165) is 0 Å². The number of nitrogens with one attached hydrogen (secondary N) is 1. The molecule has 1 N–H and O–H groups in total. The van der Waals surface area contributed by atoms with Gasteiger partial charge in [0.2, 0.25) is 0 Å². The number of carbonyl (C=O) groups excluding carboxylic acids is 1. The average Bonchev–Trinajstić information content (AvgIpc) is 3.08. The lowest BCUT2D eigenvalue weighted by Crippen LogP contribution is -2.24. The van der Waals surface area contributed by atoms with Gasteiger partial charge in [-0.2, -0.15) is 0 Å². The highest BCUT2D eigenvalue weighted by Crippen LogP contribution is 2.34. The van der Waals surface area contributed by atoms with E-state index < -0.39 is 4.92 Å². The summed E-state index contributed by atoms with van der Waals surface area (Å²) in [5.74, 6) is 0.320. The first-order chi connectivity index (χ1) is 11.6. The summed E-state index contributed by atoms with van der Waals surface area (Å²) >= 11 is 0. The van der Waals surface area contributed by atoms with Gasteiger partial charge in [-0.3, -0.25) is 14.9 Å². The number of nitro groups is 1. The zero-order valence-electron chi connectivity index (χ0n) is 13.4. The van der Waals surface area contributed by atoms with Gasteiger partial charge in [-0.1, -0.05) is 0 Å². The number of methoxy groups -OCH3 is 2. The number of rotatable bonds is 8. The van der Waals surface area contributed by atoms with E-state index >= 15 is 0 Å².